The van der Waals surface area contributed by atoms with Crippen molar-refractivity contribution in [2.75, 3.05) is 11.4 Å². The second-order valence-electron chi connectivity index (χ2n) is 4.60. The summed E-state index contributed by atoms with van der Waals surface area (Å²) in [7, 11) is 0. The molecule has 1 aromatic carbocycles. The fourth-order valence-corrected chi connectivity index (χ4v) is 2.56. The molecular formula is C16H15Cl2N3. The molecule has 0 bridgehead atoms. The van der Waals surface area contributed by atoms with Crippen LogP contribution in [0.5, 0.6) is 0 Å². The predicted molar refractivity (Wildman–Crippen MR) is 86.5 cm³/mol. The van der Waals surface area contributed by atoms with Crippen molar-refractivity contribution < 1.29 is 0 Å². The molecular weight excluding hydrogens is 305 g/mol. The molecule has 0 fully saturated rings. The lowest BCUT2D eigenvalue weighted by atomic mass is 10.1. The van der Waals surface area contributed by atoms with E-state index in [9.17, 15) is 0 Å². The summed E-state index contributed by atoms with van der Waals surface area (Å²) in [6, 6.07) is 11.8. The monoisotopic (exact) mass is 319 g/mol. The highest BCUT2D eigenvalue weighted by atomic mass is 35.5. The topological polar surface area (TPSA) is 39.9 Å². The largest absolute Gasteiger partial charge is 0.366 e. The van der Waals surface area contributed by atoms with Gasteiger partial charge in [0.05, 0.1) is 12.5 Å². The van der Waals surface area contributed by atoms with Crippen LogP contribution in [0.3, 0.4) is 0 Å². The minimum Gasteiger partial charge on any atom is -0.366 e. The van der Waals surface area contributed by atoms with E-state index in [1.807, 2.05) is 36.5 Å². The van der Waals surface area contributed by atoms with Gasteiger partial charge in [0.25, 0.3) is 0 Å². The molecule has 0 saturated carbocycles. The van der Waals surface area contributed by atoms with Gasteiger partial charge in [0.15, 0.2) is 0 Å². The Morgan fingerprint density at radius 2 is 2.14 bits per heavy atom. The maximum atomic E-state index is 8.86. The van der Waals surface area contributed by atoms with E-state index in [1.54, 1.807) is 6.20 Å². The maximum Gasteiger partial charge on any atom is 0.0640 e. The van der Waals surface area contributed by atoms with Gasteiger partial charge in [0.1, 0.15) is 0 Å². The van der Waals surface area contributed by atoms with Crippen LogP contribution in [-0.4, -0.2) is 11.5 Å². The van der Waals surface area contributed by atoms with Crippen molar-refractivity contribution in [3.8, 4) is 6.07 Å². The summed E-state index contributed by atoms with van der Waals surface area (Å²) in [5, 5.41) is 9.53. The van der Waals surface area contributed by atoms with Crippen LogP contribution in [0, 0.1) is 11.3 Å². The number of hydrogen-bond donors (Lipinski definition) is 0. The number of nitrogens with zero attached hydrogens (tertiary/aromatic N) is 3. The van der Waals surface area contributed by atoms with E-state index in [0.29, 0.717) is 30.4 Å². The lowest BCUT2D eigenvalue weighted by Crippen LogP contribution is -2.24. The molecule has 1 aromatic heterocycles. The van der Waals surface area contributed by atoms with Crippen LogP contribution < -0.4 is 4.90 Å². The van der Waals surface area contributed by atoms with Gasteiger partial charge < -0.3 is 4.90 Å². The number of anilines is 1. The molecule has 21 heavy (non-hydrogen) atoms. The number of halogens is 2. The first-order valence-corrected chi connectivity index (χ1v) is 7.51. The van der Waals surface area contributed by atoms with Gasteiger partial charge >= 0.3 is 0 Å². The molecule has 0 aliphatic carbocycles. The summed E-state index contributed by atoms with van der Waals surface area (Å²) in [6.45, 7) is 1.32. The van der Waals surface area contributed by atoms with E-state index < -0.39 is 0 Å². The zero-order chi connectivity index (χ0) is 15.1. The molecule has 0 amide bonds. The van der Waals surface area contributed by atoms with Crippen LogP contribution in [-0.2, 0) is 12.4 Å². The number of nitriles is 1. The van der Waals surface area contributed by atoms with Gasteiger partial charge in [-0.25, -0.2) is 0 Å². The summed E-state index contributed by atoms with van der Waals surface area (Å²) in [5.74, 6) is 0.381. The quantitative estimate of drug-likeness (QED) is 0.741. The van der Waals surface area contributed by atoms with E-state index >= 15 is 0 Å². The average molecular weight is 320 g/mol. The zero-order valence-corrected chi connectivity index (χ0v) is 13.0. The molecule has 2 aromatic rings. The van der Waals surface area contributed by atoms with E-state index in [4.69, 9.17) is 28.5 Å². The molecule has 0 radical (unpaired) electrons. The fourth-order valence-electron chi connectivity index (χ4n) is 2.15. The molecule has 0 saturated heterocycles. The second-order valence-corrected chi connectivity index (χ2v) is 5.30. The second kappa shape index (κ2) is 7.87. The summed E-state index contributed by atoms with van der Waals surface area (Å²) in [6.07, 6.45) is 4.02. The number of hydrogen-bond acceptors (Lipinski definition) is 3. The van der Waals surface area contributed by atoms with Crippen LogP contribution in [0.4, 0.5) is 5.69 Å². The Balaban J connectivity index is 2.29. The van der Waals surface area contributed by atoms with Crippen LogP contribution in [0.2, 0.25) is 5.02 Å². The van der Waals surface area contributed by atoms with Gasteiger partial charge in [0, 0.05) is 42.1 Å². The molecule has 0 atom stereocenters. The minimum atomic E-state index is 0.381. The number of alkyl halides is 1. The first-order valence-electron chi connectivity index (χ1n) is 6.60. The van der Waals surface area contributed by atoms with E-state index in [1.165, 1.54) is 0 Å². The Morgan fingerprint density at radius 1 is 1.29 bits per heavy atom. The Morgan fingerprint density at radius 3 is 2.81 bits per heavy atom. The van der Waals surface area contributed by atoms with E-state index in [0.717, 1.165) is 16.8 Å². The Hall–Kier alpha value is -1.76. The molecule has 2 rings (SSSR count). The maximum absolute atomic E-state index is 8.86. The molecule has 0 aliphatic rings. The standard InChI is InChI=1S/C16H15Cl2N3/c17-10-14-9-15(18)4-5-16(14)21(8-2-6-19)12-13-3-1-7-20-11-13/h1,3-5,7,9,11H,2,8,10,12H2. The fraction of sp³-hybridized carbons (Fsp3) is 0.250. The van der Waals surface area contributed by atoms with E-state index in [-0.39, 0.29) is 0 Å². The van der Waals surface area contributed by atoms with Crippen molar-refractivity contribution in [3.05, 3.63) is 58.9 Å². The summed E-state index contributed by atoms with van der Waals surface area (Å²) < 4.78 is 0. The Labute approximate surface area is 134 Å². The number of rotatable bonds is 6. The van der Waals surface area contributed by atoms with Gasteiger partial charge in [-0.05, 0) is 35.4 Å². The zero-order valence-electron chi connectivity index (χ0n) is 11.5. The SMILES string of the molecule is N#CCCN(Cc1cccnc1)c1ccc(Cl)cc1CCl. The normalized spacial score (nSPS) is 10.1. The molecule has 1 heterocycles. The minimum absolute atomic E-state index is 0.381. The van der Waals surface area contributed by atoms with Gasteiger partial charge in [-0.15, -0.1) is 11.6 Å². The third kappa shape index (κ3) is 4.35. The highest BCUT2D eigenvalue weighted by molar-refractivity contribution is 6.30. The number of aromatic nitrogens is 1. The molecule has 5 heteroatoms. The molecule has 3 nitrogen and oxygen atoms in total. The summed E-state index contributed by atoms with van der Waals surface area (Å²) >= 11 is 12.0. The molecule has 0 unspecified atom stereocenters. The highest BCUT2D eigenvalue weighted by Crippen LogP contribution is 2.27. The van der Waals surface area contributed by atoms with Crippen LogP contribution in [0.15, 0.2) is 42.7 Å². The van der Waals surface area contributed by atoms with Crippen molar-refractivity contribution >= 4 is 28.9 Å². The summed E-state index contributed by atoms with van der Waals surface area (Å²) in [5.41, 5.74) is 3.06. The molecule has 0 aliphatic heterocycles. The molecule has 0 spiro atoms. The first-order chi connectivity index (χ1) is 10.2. The van der Waals surface area contributed by atoms with Crippen molar-refractivity contribution in [2.24, 2.45) is 0 Å². The van der Waals surface area contributed by atoms with Crippen molar-refractivity contribution in [2.45, 2.75) is 18.8 Å². The van der Waals surface area contributed by atoms with Crippen molar-refractivity contribution in [3.63, 3.8) is 0 Å². The molecule has 0 N–H and O–H groups in total. The lowest BCUT2D eigenvalue weighted by Gasteiger charge is -2.26. The van der Waals surface area contributed by atoms with Gasteiger partial charge in [-0.2, -0.15) is 5.26 Å². The first kappa shape index (κ1) is 15.6. The Kier molecular flexibility index (Phi) is 5.86. The average Bonchev–Trinajstić information content (AvgIpc) is 2.52. The van der Waals surface area contributed by atoms with Crippen LogP contribution >= 0.6 is 23.2 Å². The van der Waals surface area contributed by atoms with Gasteiger partial charge in [0.2, 0.25) is 0 Å². The van der Waals surface area contributed by atoms with E-state index in [2.05, 4.69) is 16.0 Å². The smallest absolute Gasteiger partial charge is 0.0640 e. The van der Waals surface area contributed by atoms with Gasteiger partial charge in [-0.3, -0.25) is 4.98 Å². The molecule has 108 valence electrons. The van der Waals surface area contributed by atoms with Crippen molar-refractivity contribution in [1.82, 2.24) is 4.98 Å². The third-order valence-electron chi connectivity index (χ3n) is 3.12. The predicted octanol–water partition coefficient (Wildman–Crippen LogP) is 4.39. The third-order valence-corrected chi connectivity index (χ3v) is 3.64. The van der Waals surface area contributed by atoms with Crippen LogP contribution in [0.25, 0.3) is 0 Å². The highest BCUT2D eigenvalue weighted by Gasteiger charge is 2.12. The number of pyridine rings is 1. The van der Waals surface area contributed by atoms with Gasteiger partial charge in [-0.1, -0.05) is 17.7 Å². The van der Waals surface area contributed by atoms with Crippen molar-refractivity contribution in [1.29, 1.82) is 5.26 Å². The van der Waals surface area contributed by atoms with Crippen LogP contribution in [0.1, 0.15) is 17.5 Å². The lowest BCUT2D eigenvalue weighted by molar-refractivity contribution is 0.791. The summed E-state index contributed by atoms with van der Waals surface area (Å²) in [4.78, 5) is 6.26. The number of benzene rings is 1. The Bertz CT molecular complexity index is 623.